The second kappa shape index (κ2) is 14.2. The molecule has 3 N–H and O–H groups in total. The number of piperazine rings is 1. The van der Waals surface area contributed by atoms with Crippen LogP contribution in [0.5, 0.6) is 0 Å². The molecular formula is C40H41FN10O3. The van der Waals surface area contributed by atoms with Gasteiger partial charge in [-0.05, 0) is 73.4 Å². The highest BCUT2D eigenvalue weighted by Crippen LogP contribution is 2.36. The lowest BCUT2D eigenvalue weighted by molar-refractivity contribution is -0.136. The molecule has 2 aromatic heterocycles. The van der Waals surface area contributed by atoms with Crippen LogP contribution in [0.15, 0.2) is 72.9 Å². The molecule has 0 bridgehead atoms. The Kier molecular flexibility index (Phi) is 8.89. The average molecular weight is 729 g/mol. The van der Waals surface area contributed by atoms with Gasteiger partial charge in [-0.25, -0.2) is 14.4 Å². The average Bonchev–Trinajstić information content (AvgIpc) is 3.91. The van der Waals surface area contributed by atoms with Gasteiger partial charge < -0.3 is 20.4 Å². The van der Waals surface area contributed by atoms with E-state index in [1.807, 2.05) is 42.5 Å². The third-order valence-electron chi connectivity index (χ3n) is 11.1. The molecule has 276 valence electrons. The van der Waals surface area contributed by atoms with Crippen molar-refractivity contribution in [3.05, 3.63) is 95.4 Å². The first kappa shape index (κ1) is 33.9. The summed E-state index contributed by atoms with van der Waals surface area (Å²) >= 11 is 0. The van der Waals surface area contributed by atoms with Crippen molar-refractivity contribution < 1.29 is 18.8 Å². The molecule has 0 spiro atoms. The number of piperidine rings is 1. The van der Waals surface area contributed by atoms with Crippen LogP contribution in [-0.4, -0.2) is 79.3 Å². The first-order chi connectivity index (χ1) is 26.4. The normalized spacial score (nSPS) is 19.4. The van der Waals surface area contributed by atoms with Crippen molar-refractivity contribution in [3.63, 3.8) is 0 Å². The van der Waals surface area contributed by atoms with E-state index in [4.69, 9.17) is 9.97 Å². The van der Waals surface area contributed by atoms with Crippen molar-refractivity contribution in [2.45, 2.75) is 63.7 Å². The lowest BCUT2D eigenvalue weighted by atomic mass is 10.0. The van der Waals surface area contributed by atoms with Gasteiger partial charge in [0.15, 0.2) is 5.65 Å². The van der Waals surface area contributed by atoms with Gasteiger partial charge in [0.2, 0.25) is 23.7 Å². The second-order valence-corrected chi connectivity index (χ2v) is 14.6. The second-order valence-electron chi connectivity index (χ2n) is 14.6. The van der Waals surface area contributed by atoms with Gasteiger partial charge in [-0.2, -0.15) is 4.98 Å². The molecule has 4 aliphatic rings. The van der Waals surface area contributed by atoms with Crippen molar-refractivity contribution in [1.29, 1.82) is 0 Å². The number of carbonyl (C=O) groups is 3. The maximum Gasteiger partial charge on any atom is 0.255 e. The molecule has 3 aromatic carbocycles. The molecule has 1 aliphatic carbocycles. The molecule has 9 rings (SSSR count). The Labute approximate surface area is 311 Å². The molecule has 1 unspecified atom stereocenters. The lowest BCUT2D eigenvalue weighted by Crippen LogP contribution is -2.52. The van der Waals surface area contributed by atoms with Crippen LogP contribution in [0.4, 0.5) is 33.3 Å². The molecule has 3 amide bonds. The number of aromatic nitrogens is 4. The highest BCUT2D eigenvalue weighted by atomic mass is 19.1. The van der Waals surface area contributed by atoms with Crippen molar-refractivity contribution >= 4 is 57.8 Å². The smallest absolute Gasteiger partial charge is 0.255 e. The summed E-state index contributed by atoms with van der Waals surface area (Å²) in [6.07, 6.45) is 6.81. The summed E-state index contributed by atoms with van der Waals surface area (Å²) < 4.78 is 17.5. The van der Waals surface area contributed by atoms with E-state index in [2.05, 4.69) is 47.4 Å². The Bertz CT molecular complexity index is 2230. The van der Waals surface area contributed by atoms with Crippen LogP contribution < -0.4 is 20.9 Å². The summed E-state index contributed by atoms with van der Waals surface area (Å²) in [6.45, 7) is 3.72. The van der Waals surface area contributed by atoms with Crippen molar-refractivity contribution in [2.75, 3.05) is 41.7 Å². The monoisotopic (exact) mass is 728 g/mol. The van der Waals surface area contributed by atoms with Crippen LogP contribution in [0.1, 0.15) is 66.1 Å². The minimum atomic E-state index is -0.724. The summed E-state index contributed by atoms with van der Waals surface area (Å²) in [5.74, 6) is -0.304. The highest BCUT2D eigenvalue weighted by molar-refractivity contribution is 6.05. The number of nitrogens with one attached hydrogen (secondary N) is 3. The van der Waals surface area contributed by atoms with E-state index in [0.717, 1.165) is 73.2 Å². The van der Waals surface area contributed by atoms with Crippen LogP contribution in [0.25, 0.3) is 11.2 Å². The zero-order chi connectivity index (χ0) is 36.8. The summed E-state index contributed by atoms with van der Waals surface area (Å²) in [4.78, 5) is 57.5. The van der Waals surface area contributed by atoms with E-state index in [1.54, 1.807) is 12.3 Å². The van der Waals surface area contributed by atoms with E-state index >= 15 is 4.39 Å². The topological polar surface area (TPSA) is 141 Å². The third kappa shape index (κ3) is 6.61. The number of imidazole rings is 1. The van der Waals surface area contributed by atoms with Crippen LogP contribution >= 0.6 is 0 Å². The van der Waals surface area contributed by atoms with E-state index in [1.165, 1.54) is 23.8 Å². The number of hydrogen-bond donors (Lipinski definition) is 3. The first-order valence-corrected chi connectivity index (χ1v) is 18.7. The number of anilines is 5. The standard InChI is InChI=1S/C40H41FN10O3/c41-32-21-31-25(24-50(38(31)54)34-14-15-35(52)46-37(34)53)20-26(32)23-48-16-18-49(19-17-48)29-12-10-28(11-13-29)43-39-42-22-33-36(47-39)51(30-8-4-5-9-30)40(45-33)44-27-6-2-1-3-7-27/h1-3,6-7,10-13,20-22,30,34H,4-5,8-9,14-19,23-24H2,(H,44,45)(H,42,43,47)(H,46,52,53). The molecule has 2 saturated heterocycles. The predicted molar refractivity (Wildman–Crippen MR) is 202 cm³/mol. The summed E-state index contributed by atoms with van der Waals surface area (Å²) in [5.41, 5.74) is 6.07. The maximum atomic E-state index is 15.3. The van der Waals surface area contributed by atoms with E-state index in [9.17, 15) is 14.4 Å². The fraction of sp³-hybridized carbons (Fsp3) is 0.350. The van der Waals surface area contributed by atoms with Gasteiger partial charge in [-0.1, -0.05) is 31.0 Å². The molecule has 1 atom stereocenters. The number of hydrogen-bond acceptors (Lipinski definition) is 10. The first-order valence-electron chi connectivity index (χ1n) is 18.7. The minimum absolute atomic E-state index is 0.178. The van der Waals surface area contributed by atoms with Gasteiger partial charge in [-0.15, -0.1) is 0 Å². The van der Waals surface area contributed by atoms with E-state index in [-0.39, 0.29) is 36.8 Å². The largest absolute Gasteiger partial charge is 0.369 e. The quantitative estimate of drug-likeness (QED) is 0.163. The Hall–Kier alpha value is -5.89. The molecule has 14 heteroatoms. The minimum Gasteiger partial charge on any atom is -0.369 e. The zero-order valence-electron chi connectivity index (χ0n) is 29.8. The van der Waals surface area contributed by atoms with E-state index in [0.29, 0.717) is 29.7 Å². The maximum absolute atomic E-state index is 15.3. The van der Waals surface area contributed by atoms with Crippen molar-refractivity contribution in [2.24, 2.45) is 0 Å². The molecule has 5 heterocycles. The molecule has 54 heavy (non-hydrogen) atoms. The van der Waals surface area contributed by atoms with Crippen LogP contribution in [0.2, 0.25) is 0 Å². The number of para-hydroxylation sites is 1. The molecule has 13 nitrogen and oxygen atoms in total. The van der Waals surface area contributed by atoms with Crippen LogP contribution in [0, 0.1) is 5.82 Å². The predicted octanol–water partition coefficient (Wildman–Crippen LogP) is 5.65. The van der Waals surface area contributed by atoms with Gasteiger partial charge in [0.1, 0.15) is 17.4 Å². The Morgan fingerprint density at radius 1 is 0.852 bits per heavy atom. The number of rotatable bonds is 9. The summed E-state index contributed by atoms with van der Waals surface area (Å²) in [6, 6.07) is 21.0. The molecule has 5 aromatic rings. The van der Waals surface area contributed by atoms with Crippen molar-refractivity contribution in [3.8, 4) is 0 Å². The Morgan fingerprint density at radius 3 is 2.37 bits per heavy atom. The Balaban J connectivity index is 0.828. The van der Waals surface area contributed by atoms with Gasteiger partial charge in [-0.3, -0.25) is 29.2 Å². The summed E-state index contributed by atoms with van der Waals surface area (Å²) in [7, 11) is 0. The number of fused-ring (bicyclic) bond motifs is 2. The van der Waals surface area contributed by atoms with Gasteiger partial charge in [0, 0.05) is 79.9 Å². The van der Waals surface area contributed by atoms with Gasteiger partial charge in [0.05, 0.1) is 6.20 Å². The number of amides is 3. The number of nitrogens with zero attached hydrogens (tertiary/aromatic N) is 7. The molecule has 1 saturated carbocycles. The molecular weight excluding hydrogens is 688 g/mol. The Morgan fingerprint density at radius 2 is 1.61 bits per heavy atom. The molecule has 0 radical (unpaired) electrons. The SMILES string of the molecule is O=C1CCC(N2Cc3cc(CN4CCN(c5ccc(Nc6ncc7nc(Nc8ccccc8)n(C8CCCC8)c7n6)cc5)CC4)c(F)cc3C2=O)C(=O)N1. The number of halogens is 1. The zero-order valence-corrected chi connectivity index (χ0v) is 29.8. The van der Waals surface area contributed by atoms with E-state index < -0.39 is 17.8 Å². The molecule has 3 fully saturated rings. The fourth-order valence-corrected chi connectivity index (χ4v) is 8.25. The van der Waals surface area contributed by atoms with Crippen LogP contribution in [0.3, 0.4) is 0 Å². The lowest BCUT2D eigenvalue weighted by Gasteiger charge is -2.36. The van der Waals surface area contributed by atoms with Crippen molar-refractivity contribution in [1.82, 2.24) is 34.6 Å². The summed E-state index contributed by atoms with van der Waals surface area (Å²) in [5, 5.41) is 9.19. The van der Waals surface area contributed by atoms with Gasteiger partial charge in [0.25, 0.3) is 5.91 Å². The fourth-order valence-electron chi connectivity index (χ4n) is 8.25. The number of carbonyl (C=O) groups excluding carboxylic acids is 3. The van der Waals surface area contributed by atoms with Gasteiger partial charge >= 0.3 is 0 Å². The van der Waals surface area contributed by atoms with Crippen LogP contribution in [-0.2, 0) is 22.7 Å². The third-order valence-corrected chi connectivity index (χ3v) is 11.1. The number of benzene rings is 3. The number of imide groups is 1. The highest BCUT2D eigenvalue weighted by Gasteiger charge is 2.39. The molecule has 3 aliphatic heterocycles.